The van der Waals surface area contributed by atoms with Crippen LogP contribution in [0.25, 0.3) is 0 Å². The molecule has 0 aliphatic heterocycles. The van der Waals surface area contributed by atoms with Gasteiger partial charge in [0.2, 0.25) is 0 Å². The molecule has 1 N–H and O–H groups in total. The molecule has 0 aliphatic rings. The quantitative estimate of drug-likeness (QED) is 0.113. The second kappa shape index (κ2) is 19.1. The summed E-state index contributed by atoms with van der Waals surface area (Å²) in [6, 6.07) is 1.97. The molecule has 1 unspecified atom stereocenters. The Labute approximate surface area is 200 Å². The number of carboxylic acid groups (broad SMARTS) is 1. The third-order valence-electron chi connectivity index (χ3n) is 6.23. The first-order valence-corrected chi connectivity index (χ1v) is 14.0. The van der Waals surface area contributed by atoms with Crippen molar-refractivity contribution in [1.29, 1.82) is 0 Å². The maximum atomic E-state index is 12.1. The van der Waals surface area contributed by atoms with E-state index in [1.54, 1.807) is 0 Å². The highest BCUT2D eigenvalue weighted by Crippen LogP contribution is 2.26. The smallest absolute Gasteiger partial charge is 0.328 e. The van der Waals surface area contributed by atoms with E-state index in [4.69, 9.17) is 5.11 Å². The largest absolute Gasteiger partial charge is 0.478 e. The van der Waals surface area contributed by atoms with Crippen molar-refractivity contribution >= 4 is 23.1 Å². The van der Waals surface area contributed by atoms with Gasteiger partial charge in [0.15, 0.2) is 5.78 Å². The highest BCUT2D eigenvalue weighted by atomic mass is 32.1. The number of hydrogen-bond acceptors (Lipinski definition) is 3. The number of aliphatic carboxylic acids is 1. The number of unbranched alkanes of at least 4 members (excludes halogenated alkanes) is 12. The summed E-state index contributed by atoms with van der Waals surface area (Å²) in [4.78, 5) is 23.4. The van der Waals surface area contributed by atoms with Gasteiger partial charge in [0, 0.05) is 6.08 Å². The fourth-order valence-electron chi connectivity index (χ4n) is 4.30. The van der Waals surface area contributed by atoms with Crippen molar-refractivity contribution < 1.29 is 14.7 Å². The molecule has 0 saturated heterocycles. The number of carbonyl (C=O) groups excluding carboxylic acids is 1. The second-order valence-corrected chi connectivity index (χ2v) is 10.2. The topological polar surface area (TPSA) is 54.4 Å². The van der Waals surface area contributed by atoms with Crippen LogP contribution in [0.1, 0.15) is 132 Å². The van der Waals surface area contributed by atoms with Crippen LogP contribution in [-0.4, -0.2) is 16.9 Å². The van der Waals surface area contributed by atoms with Gasteiger partial charge in [-0.15, -0.1) is 11.3 Å². The van der Waals surface area contributed by atoms with E-state index in [9.17, 15) is 9.59 Å². The molecule has 32 heavy (non-hydrogen) atoms. The molecule has 182 valence electrons. The van der Waals surface area contributed by atoms with Gasteiger partial charge < -0.3 is 5.11 Å². The maximum Gasteiger partial charge on any atom is 0.328 e. The van der Waals surface area contributed by atoms with Crippen molar-refractivity contribution in [2.24, 2.45) is 5.92 Å². The Morgan fingerprint density at radius 3 is 1.81 bits per heavy atom. The van der Waals surface area contributed by atoms with Gasteiger partial charge in [-0.1, -0.05) is 117 Å². The van der Waals surface area contributed by atoms with Crippen LogP contribution in [0.4, 0.5) is 0 Å². The predicted molar refractivity (Wildman–Crippen MR) is 138 cm³/mol. The first-order chi connectivity index (χ1) is 15.6. The molecule has 1 atom stereocenters. The minimum absolute atomic E-state index is 0.209. The van der Waals surface area contributed by atoms with Gasteiger partial charge in [0.1, 0.15) is 0 Å². The standard InChI is InChI=1S/C28H46O3S/c1-3-5-7-9-11-12-14-16-18-24(17-15-13-10-8-6-4-2)21-25-22-27(32-23-25)26(29)19-20-28(30)31/h19-20,22-24H,3-18,21H2,1-2H3,(H,30,31)/b20-19+. The summed E-state index contributed by atoms with van der Waals surface area (Å²) in [5, 5.41) is 10.8. The van der Waals surface area contributed by atoms with Gasteiger partial charge in [0.25, 0.3) is 0 Å². The summed E-state index contributed by atoms with van der Waals surface area (Å²) >= 11 is 1.44. The fraction of sp³-hybridized carbons (Fsp3) is 0.714. The van der Waals surface area contributed by atoms with Crippen molar-refractivity contribution in [3.8, 4) is 0 Å². The number of allylic oxidation sites excluding steroid dienone is 1. The zero-order valence-electron chi connectivity index (χ0n) is 20.6. The van der Waals surface area contributed by atoms with Crippen molar-refractivity contribution in [1.82, 2.24) is 0 Å². The molecule has 4 heteroatoms. The van der Waals surface area contributed by atoms with Gasteiger partial charge in [-0.3, -0.25) is 4.79 Å². The van der Waals surface area contributed by atoms with Crippen LogP contribution in [0.3, 0.4) is 0 Å². The maximum absolute atomic E-state index is 12.1. The van der Waals surface area contributed by atoms with Gasteiger partial charge in [-0.05, 0) is 35.4 Å². The van der Waals surface area contributed by atoms with Crippen molar-refractivity contribution in [2.45, 2.75) is 123 Å². The molecule has 1 heterocycles. The van der Waals surface area contributed by atoms with Crippen LogP contribution in [-0.2, 0) is 11.2 Å². The summed E-state index contributed by atoms with van der Waals surface area (Å²) in [5.41, 5.74) is 1.23. The predicted octanol–water partition coefficient (Wildman–Crippen LogP) is 9.01. The molecule has 0 aliphatic carbocycles. The molecule has 0 spiro atoms. The van der Waals surface area contributed by atoms with Crippen molar-refractivity contribution in [2.75, 3.05) is 0 Å². The fourth-order valence-corrected chi connectivity index (χ4v) is 5.15. The summed E-state index contributed by atoms with van der Waals surface area (Å²) in [7, 11) is 0. The van der Waals surface area contributed by atoms with E-state index in [1.807, 2.05) is 6.07 Å². The highest BCUT2D eigenvalue weighted by Gasteiger charge is 2.13. The van der Waals surface area contributed by atoms with Gasteiger partial charge in [0.05, 0.1) is 4.88 Å². The summed E-state index contributed by atoms with van der Waals surface area (Å²) in [6.45, 7) is 4.53. The van der Waals surface area contributed by atoms with Crippen LogP contribution in [0.2, 0.25) is 0 Å². The van der Waals surface area contributed by atoms with E-state index < -0.39 is 5.97 Å². The zero-order valence-corrected chi connectivity index (χ0v) is 21.4. The Hall–Kier alpha value is -1.42. The van der Waals surface area contributed by atoms with E-state index >= 15 is 0 Å². The molecule has 3 nitrogen and oxygen atoms in total. The molecule has 0 amide bonds. The first kappa shape index (κ1) is 28.6. The number of carbonyl (C=O) groups is 2. The van der Waals surface area contributed by atoms with Crippen LogP contribution in [0.15, 0.2) is 23.6 Å². The number of hydrogen-bond donors (Lipinski definition) is 1. The molecule has 0 aromatic carbocycles. The average molecular weight is 463 g/mol. The Morgan fingerprint density at radius 1 is 0.812 bits per heavy atom. The number of carboxylic acids is 1. The van der Waals surface area contributed by atoms with Gasteiger partial charge >= 0.3 is 5.97 Å². The van der Waals surface area contributed by atoms with Crippen LogP contribution < -0.4 is 0 Å². The minimum atomic E-state index is -1.08. The Balaban J connectivity index is 2.47. The molecule has 1 aromatic rings. The second-order valence-electron chi connectivity index (χ2n) is 9.25. The van der Waals surface area contributed by atoms with E-state index in [0.29, 0.717) is 10.8 Å². The Kier molecular flexibility index (Phi) is 17.1. The summed E-state index contributed by atoms with van der Waals surface area (Å²) < 4.78 is 0. The number of ketones is 1. The molecule has 0 radical (unpaired) electrons. The molecule has 1 aromatic heterocycles. The van der Waals surface area contributed by atoms with Gasteiger partial charge in [-0.25, -0.2) is 4.79 Å². The Morgan fingerprint density at radius 2 is 1.31 bits per heavy atom. The van der Waals surface area contributed by atoms with Crippen LogP contribution in [0, 0.1) is 5.92 Å². The van der Waals surface area contributed by atoms with Crippen LogP contribution in [0.5, 0.6) is 0 Å². The molecule has 1 rings (SSSR count). The van der Waals surface area contributed by atoms with E-state index in [2.05, 4.69) is 19.2 Å². The monoisotopic (exact) mass is 462 g/mol. The normalized spacial score (nSPS) is 12.4. The zero-order chi connectivity index (χ0) is 23.4. The first-order valence-electron chi connectivity index (χ1n) is 13.1. The highest BCUT2D eigenvalue weighted by molar-refractivity contribution is 7.12. The summed E-state index contributed by atoms with van der Waals surface area (Å²) in [5.74, 6) is -0.605. The minimum Gasteiger partial charge on any atom is -0.478 e. The lowest BCUT2D eigenvalue weighted by molar-refractivity contribution is -0.131. The Bertz CT molecular complexity index is 647. The lowest BCUT2D eigenvalue weighted by Gasteiger charge is -2.16. The van der Waals surface area contributed by atoms with E-state index in [0.717, 1.165) is 18.6 Å². The summed E-state index contributed by atoms with van der Waals surface area (Å²) in [6.07, 6.45) is 24.5. The SMILES string of the molecule is CCCCCCCCCCC(CCCCCCCC)Cc1csc(C(=O)/C=C/C(=O)O)c1. The van der Waals surface area contributed by atoms with E-state index in [1.165, 1.54) is 120 Å². The third-order valence-corrected chi connectivity index (χ3v) is 7.22. The van der Waals surface area contributed by atoms with Crippen LogP contribution >= 0.6 is 11.3 Å². The van der Waals surface area contributed by atoms with E-state index in [-0.39, 0.29) is 5.78 Å². The number of rotatable bonds is 21. The van der Waals surface area contributed by atoms with Crippen molar-refractivity contribution in [3.63, 3.8) is 0 Å². The molecule has 0 bridgehead atoms. The number of thiophene rings is 1. The third kappa shape index (κ3) is 14.6. The average Bonchev–Trinajstić information content (AvgIpc) is 3.24. The molecule has 0 saturated carbocycles. The molecule has 0 fully saturated rings. The lowest BCUT2D eigenvalue weighted by Crippen LogP contribution is -2.05. The van der Waals surface area contributed by atoms with Crippen molar-refractivity contribution in [3.05, 3.63) is 34.0 Å². The lowest BCUT2D eigenvalue weighted by atomic mass is 9.89. The van der Waals surface area contributed by atoms with Gasteiger partial charge in [-0.2, -0.15) is 0 Å². The molecular formula is C28H46O3S. The molecular weight excluding hydrogens is 416 g/mol.